The highest BCUT2D eigenvalue weighted by Gasteiger charge is 2.39. The SMILES string of the molecule is CCC(O[Si](C)(C)C(C)(C)C)/C(C)=C/c1ccccc1. The predicted octanol–water partition coefficient (Wildman–Crippen LogP) is 5.89. The van der Waals surface area contributed by atoms with Gasteiger partial charge in [0.05, 0.1) is 6.10 Å². The van der Waals surface area contributed by atoms with Crippen LogP contribution in [-0.2, 0) is 4.43 Å². The van der Waals surface area contributed by atoms with Crippen molar-refractivity contribution in [3.63, 3.8) is 0 Å². The highest BCUT2D eigenvalue weighted by Crippen LogP contribution is 2.38. The summed E-state index contributed by atoms with van der Waals surface area (Å²) in [4.78, 5) is 0. The lowest BCUT2D eigenvalue weighted by Gasteiger charge is -2.39. The number of rotatable bonds is 5. The molecule has 1 nitrogen and oxygen atoms in total. The molecule has 0 saturated carbocycles. The average molecular weight is 291 g/mol. The van der Waals surface area contributed by atoms with E-state index in [2.05, 4.69) is 84.1 Å². The van der Waals surface area contributed by atoms with E-state index >= 15 is 0 Å². The second kappa shape index (κ2) is 6.73. The van der Waals surface area contributed by atoms with Crippen LogP contribution in [-0.4, -0.2) is 14.4 Å². The first-order valence-corrected chi connectivity index (χ1v) is 10.5. The molecule has 0 aliphatic heterocycles. The highest BCUT2D eigenvalue weighted by atomic mass is 28.4. The molecule has 112 valence electrons. The van der Waals surface area contributed by atoms with Gasteiger partial charge in [-0.1, -0.05) is 64.1 Å². The monoisotopic (exact) mass is 290 g/mol. The van der Waals surface area contributed by atoms with Crippen LogP contribution < -0.4 is 0 Å². The molecule has 0 spiro atoms. The summed E-state index contributed by atoms with van der Waals surface area (Å²) in [6.45, 7) is 15.9. The van der Waals surface area contributed by atoms with Crippen LogP contribution in [0.25, 0.3) is 6.08 Å². The Balaban J connectivity index is 2.89. The second-order valence-electron chi connectivity index (χ2n) is 7.07. The Morgan fingerprint density at radius 3 is 2.20 bits per heavy atom. The van der Waals surface area contributed by atoms with Crippen molar-refractivity contribution in [3.05, 3.63) is 41.5 Å². The molecule has 1 aromatic carbocycles. The summed E-state index contributed by atoms with van der Waals surface area (Å²) >= 11 is 0. The molecule has 0 N–H and O–H groups in total. The summed E-state index contributed by atoms with van der Waals surface area (Å²) in [6, 6.07) is 10.5. The summed E-state index contributed by atoms with van der Waals surface area (Å²) < 4.78 is 6.56. The van der Waals surface area contributed by atoms with E-state index in [0.717, 1.165) is 6.42 Å². The van der Waals surface area contributed by atoms with E-state index in [1.165, 1.54) is 11.1 Å². The summed E-state index contributed by atoms with van der Waals surface area (Å²) in [7, 11) is -1.71. The van der Waals surface area contributed by atoms with Gasteiger partial charge in [-0.15, -0.1) is 0 Å². The van der Waals surface area contributed by atoms with Gasteiger partial charge < -0.3 is 4.43 Å². The fourth-order valence-electron chi connectivity index (χ4n) is 1.94. The topological polar surface area (TPSA) is 9.23 Å². The zero-order chi connectivity index (χ0) is 15.4. The zero-order valence-electron chi connectivity index (χ0n) is 14.2. The minimum atomic E-state index is -1.71. The van der Waals surface area contributed by atoms with E-state index in [-0.39, 0.29) is 11.1 Å². The zero-order valence-corrected chi connectivity index (χ0v) is 15.2. The Kier molecular flexibility index (Phi) is 5.78. The minimum Gasteiger partial charge on any atom is -0.410 e. The fraction of sp³-hybridized carbons (Fsp3) is 0.556. The van der Waals surface area contributed by atoms with Crippen LogP contribution >= 0.6 is 0 Å². The smallest absolute Gasteiger partial charge is 0.192 e. The first kappa shape index (κ1) is 17.2. The second-order valence-corrected chi connectivity index (χ2v) is 11.8. The van der Waals surface area contributed by atoms with E-state index < -0.39 is 8.32 Å². The Hall–Kier alpha value is -0.863. The molecule has 0 saturated heterocycles. The van der Waals surface area contributed by atoms with Crippen LogP contribution in [0.5, 0.6) is 0 Å². The third-order valence-corrected chi connectivity index (χ3v) is 8.80. The maximum absolute atomic E-state index is 6.56. The molecule has 0 aliphatic carbocycles. The van der Waals surface area contributed by atoms with Crippen molar-refractivity contribution >= 4 is 14.4 Å². The van der Waals surface area contributed by atoms with Crippen LogP contribution in [0.3, 0.4) is 0 Å². The molecule has 0 aromatic heterocycles. The van der Waals surface area contributed by atoms with E-state index in [1.807, 2.05) is 0 Å². The van der Waals surface area contributed by atoms with Crippen LogP contribution in [0, 0.1) is 0 Å². The van der Waals surface area contributed by atoms with Crippen molar-refractivity contribution in [2.45, 2.75) is 65.3 Å². The van der Waals surface area contributed by atoms with Crippen LogP contribution in [0.4, 0.5) is 0 Å². The van der Waals surface area contributed by atoms with Gasteiger partial charge >= 0.3 is 0 Å². The lowest BCUT2D eigenvalue weighted by atomic mass is 10.1. The molecule has 20 heavy (non-hydrogen) atoms. The van der Waals surface area contributed by atoms with Gasteiger partial charge in [-0.2, -0.15) is 0 Å². The highest BCUT2D eigenvalue weighted by molar-refractivity contribution is 6.74. The maximum atomic E-state index is 6.56. The molecular formula is C18H30OSi. The van der Waals surface area contributed by atoms with Gasteiger partial charge in [0.15, 0.2) is 8.32 Å². The first-order valence-electron chi connectivity index (χ1n) is 7.58. The number of benzene rings is 1. The molecule has 0 aliphatic rings. The van der Waals surface area contributed by atoms with Gasteiger partial charge in [0, 0.05) is 0 Å². The molecule has 2 heteroatoms. The maximum Gasteiger partial charge on any atom is 0.192 e. The summed E-state index contributed by atoms with van der Waals surface area (Å²) in [5.41, 5.74) is 2.57. The molecule has 0 amide bonds. The van der Waals surface area contributed by atoms with Crippen LogP contribution in [0.2, 0.25) is 18.1 Å². The lowest BCUT2D eigenvalue weighted by Crippen LogP contribution is -2.44. The third-order valence-electron chi connectivity index (χ3n) is 4.32. The van der Waals surface area contributed by atoms with E-state index in [0.29, 0.717) is 0 Å². The Labute approximate surface area is 126 Å². The molecule has 0 fully saturated rings. The predicted molar refractivity (Wildman–Crippen MR) is 92.5 cm³/mol. The van der Waals surface area contributed by atoms with Crippen molar-refractivity contribution in [2.75, 3.05) is 0 Å². The third kappa shape index (κ3) is 4.60. The van der Waals surface area contributed by atoms with E-state index in [4.69, 9.17) is 4.43 Å². The molecule has 0 heterocycles. The number of hydrogen-bond acceptors (Lipinski definition) is 1. The average Bonchev–Trinajstić information content (AvgIpc) is 2.35. The van der Waals surface area contributed by atoms with Crippen LogP contribution in [0.1, 0.15) is 46.6 Å². The number of hydrogen-bond donors (Lipinski definition) is 0. The fourth-order valence-corrected chi connectivity index (χ4v) is 3.35. The largest absolute Gasteiger partial charge is 0.410 e. The van der Waals surface area contributed by atoms with Crippen molar-refractivity contribution in [2.24, 2.45) is 0 Å². The van der Waals surface area contributed by atoms with Crippen molar-refractivity contribution in [3.8, 4) is 0 Å². The van der Waals surface area contributed by atoms with Gasteiger partial charge in [0.2, 0.25) is 0 Å². The molecular weight excluding hydrogens is 260 g/mol. The summed E-state index contributed by atoms with van der Waals surface area (Å²) in [6.07, 6.45) is 3.51. The molecule has 0 bridgehead atoms. The van der Waals surface area contributed by atoms with Crippen molar-refractivity contribution in [1.29, 1.82) is 0 Å². The van der Waals surface area contributed by atoms with Crippen molar-refractivity contribution in [1.82, 2.24) is 0 Å². The first-order chi connectivity index (χ1) is 9.17. The van der Waals surface area contributed by atoms with Gasteiger partial charge in [-0.3, -0.25) is 0 Å². The van der Waals surface area contributed by atoms with E-state index in [1.54, 1.807) is 0 Å². The Morgan fingerprint density at radius 2 is 1.75 bits per heavy atom. The quantitative estimate of drug-likeness (QED) is 0.614. The molecule has 1 unspecified atom stereocenters. The van der Waals surface area contributed by atoms with Gasteiger partial charge in [0.1, 0.15) is 0 Å². The standard InChI is InChI=1S/C18H30OSi/c1-8-17(19-20(6,7)18(3,4)5)15(2)14-16-12-10-9-11-13-16/h9-14,17H,8H2,1-7H3/b15-14+. The summed E-state index contributed by atoms with van der Waals surface area (Å²) in [5.74, 6) is 0. The van der Waals surface area contributed by atoms with Crippen molar-refractivity contribution < 1.29 is 4.43 Å². The van der Waals surface area contributed by atoms with Crippen LogP contribution in [0.15, 0.2) is 35.9 Å². The lowest BCUT2D eigenvalue weighted by molar-refractivity contribution is 0.210. The molecule has 0 radical (unpaired) electrons. The molecule has 1 atom stereocenters. The van der Waals surface area contributed by atoms with Gasteiger partial charge in [0.25, 0.3) is 0 Å². The molecule has 1 rings (SSSR count). The van der Waals surface area contributed by atoms with Gasteiger partial charge in [-0.05, 0) is 42.6 Å². The van der Waals surface area contributed by atoms with Gasteiger partial charge in [-0.25, -0.2) is 0 Å². The Morgan fingerprint density at radius 1 is 1.20 bits per heavy atom. The summed E-state index contributed by atoms with van der Waals surface area (Å²) in [5, 5.41) is 0.257. The normalized spacial score (nSPS) is 15.2. The Bertz CT molecular complexity index is 440. The minimum absolute atomic E-state index is 0.232. The van der Waals surface area contributed by atoms with E-state index in [9.17, 15) is 0 Å². The molecule has 1 aromatic rings.